The summed E-state index contributed by atoms with van der Waals surface area (Å²) in [6.07, 6.45) is 8.65. The van der Waals surface area contributed by atoms with Crippen molar-refractivity contribution in [3.63, 3.8) is 0 Å². The summed E-state index contributed by atoms with van der Waals surface area (Å²) in [4.78, 5) is 9.70. The van der Waals surface area contributed by atoms with Crippen LogP contribution in [0.1, 0.15) is 32.1 Å². The van der Waals surface area contributed by atoms with Crippen LogP contribution in [0, 0.1) is 5.92 Å². The molecule has 1 N–H and O–H groups in total. The normalized spacial score (nSPS) is 32.2. The summed E-state index contributed by atoms with van der Waals surface area (Å²) in [5.74, 6) is 1.98. The molecule has 0 aromatic carbocycles. The summed E-state index contributed by atoms with van der Waals surface area (Å²) in [7, 11) is 0. The van der Waals surface area contributed by atoms with Gasteiger partial charge in [-0.3, -0.25) is 0 Å². The molecule has 4 heterocycles. The van der Waals surface area contributed by atoms with Gasteiger partial charge in [0.05, 0.1) is 11.9 Å². The van der Waals surface area contributed by atoms with Crippen molar-refractivity contribution in [1.29, 1.82) is 0 Å². The molecule has 0 amide bonds. The minimum atomic E-state index is 0.645. The van der Waals surface area contributed by atoms with Crippen molar-refractivity contribution in [1.82, 2.24) is 9.88 Å². The van der Waals surface area contributed by atoms with Gasteiger partial charge in [-0.2, -0.15) is 0 Å². The van der Waals surface area contributed by atoms with E-state index in [9.17, 15) is 0 Å². The first kappa shape index (κ1) is 13.4. The Morgan fingerprint density at radius 3 is 2.67 bits per heavy atom. The van der Waals surface area contributed by atoms with E-state index in [1.54, 1.807) is 0 Å². The number of hydrogen-bond donors (Lipinski definition) is 1. The van der Waals surface area contributed by atoms with Gasteiger partial charge in [0.25, 0.3) is 0 Å². The van der Waals surface area contributed by atoms with Crippen LogP contribution in [0.2, 0.25) is 0 Å². The Kier molecular flexibility index (Phi) is 3.72. The summed E-state index contributed by atoms with van der Waals surface area (Å²) < 4.78 is 0. The predicted molar refractivity (Wildman–Crippen MR) is 86.9 cm³/mol. The summed E-state index contributed by atoms with van der Waals surface area (Å²) in [5.41, 5.74) is 1.20. The smallest absolute Gasteiger partial charge is 0.128 e. The fourth-order valence-corrected chi connectivity index (χ4v) is 4.14. The van der Waals surface area contributed by atoms with Crippen LogP contribution in [0.15, 0.2) is 18.3 Å². The van der Waals surface area contributed by atoms with E-state index < -0.39 is 0 Å². The first-order valence-electron chi connectivity index (χ1n) is 8.58. The van der Waals surface area contributed by atoms with Crippen LogP contribution in [0.3, 0.4) is 0 Å². The molecule has 3 atom stereocenters. The lowest BCUT2D eigenvalue weighted by atomic mass is 9.94. The molecule has 3 fully saturated rings. The van der Waals surface area contributed by atoms with E-state index in [0.29, 0.717) is 6.04 Å². The molecule has 21 heavy (non-hydrogen) atoms. The van der Waals surface area contributed by atoms with Crippen molar-refractivity contribution >= 4 is 11.5 Å². The van der Waals surface area contributed by atoms with Crippen LogP contribution >= 0.6 is 0 Å². The van der Waals surface area contributed by atoms with Gasteiger partial charge in [0, 0.05) is 32.2 Å². The van der Waals surface area contributed by atoms with Gasteiger partial charge in [0.1, 0.15) is 5.82 Å². The zero-order valence-corrected chi connectivity index (χ0v) is 12.8. The maximum absolute atomic E-state index is 4.68. The number of rotatable bonds is 3. The molecule has 3 unspecified atom stereocenters. The standard InChI is InChI=1S/C17H26N4/c1-2-8-21(9-3-1)17-5-4-15(12-18-17)19-16-7-11-20-10-6-14(16)13-20/h4-5,12,14,16,19H,1-3,6-11,13H2. The quantitative estimate of drug-likeness (QED) is 0.925. The maximum atomic E-state index is 4.68. The molecule has 0 aliphatic carbocycles. The molecule has 4 heteroatoms. The Morgan fingerprint density at radius 1 is 1.00 bits per heavy atom. The topological polar surface area (TPSA) is 31.4 Å². The van der Waals surface area contributed by atoms with E-state index in [-0.39, 0.29) is 0 Å². The third-order valence-electron chi connectivity index (χ3n) is 5.41. The lowest BCUT2D eigenvalue weighted by molar-refractivity contribution is 0.255. The largest absolute Gasteiger partial charge is 0.381 e. The zero-order valence-electron chi connectivity index (χ0n) is 12.8. The summed E-state index contributed by atoms with van der Waals surface area (Å²) >= 11 is 0. The van der Waals surface area contributed by atoms with Crippen molar-refractivity contribution in [2.45, 2.75) is 38.1 Å². The average molecular weight is 286 g/mol. The molecule has 4 rings (SSSR count). The minimum Gasteiger partial charge on any atom is -0.381 e. The van der Waals surface area contributed by atoms with Crippen LogP contribution in [0.4, 0.5) is 11.5 Å². The van der Waals surface area contributed by atoms with E-state index in [1.165, 1.54) is 70.5 Å². The van der Waals surface area contributed by atoms with Crippen molar-refractivity contribution in [2.24, 2.45) is 5.92 Å². The molecule has 3 aliphatic rings. The molecule has 3 aliphatic heterocycles. The predicted octanol–water partition coefficient (Wildman–Crippen LogP) is 2.58. The van der Waals surface area contributed by atoms with Gasteiger partial charge in [0.15, 0.2) is 0 Å². The number of nitrogens with zero attached hydrogens (tertiary/aromatic N) is 3. The molecular weight excluding hydrogens is 260 g/mol. The molecule has 1 aromatic rings. The number of fused-ring (bicyclic) bond motifs is 2. The number of pyridine rings is 1. The maximum Gasteiger partial charge on any atom is 0.128 e. The molecule has 3 saturated heterocycles. The Balaban J connectivity index is 1.39. The van der Waals surface area contributed by atoms with Gasteiger partial charge in [-0.15, -0.1) is 0 Å². The van der Waals surface area contributed by atoms with E-state index in [4.69, 9.17) is 0 Å². The summed E-state index contributed by atoms with van der Waals surface area (Å²) in [5, 5.41) is 3.73. The van der Waals surface area contributed by atoms with Gasteiger partial charge in [0.2, 0.25) is 0 Å². The van der Waals surface area contributed by atoms with E-state index in [1.807, 2.05) is 6.20 Å². The molecule has 1 aromatic heterocycles. The Hall–Kier alpha value is -1.29. The Bertz CT molecular complexity index is 466. The molecular formula is C17H26N4. The highest BCUT2D eigenvalue weighted by atomic mass is 15.2. The van der Waals surface area contributed by atoms with Crippen molar-refractivity contribution in [3.8, 4) is 0 Å². The van der Waals surface area contributed by atoms with E-state index in [2.05, 4.69) is 32.2 Å². The number of piperidine rings is 2. The van der Waals surface area contributed by atoms with Gasteiger partial charge in [-0.1, -0.05) is 0 Å². The first-order chi connectivity index (χ1) is 10.4. The number of anilines is 2. The average Bonchev–Trinajstić information content (AvgIpc) is 2.94. The molecule has 0 spiro atoms. The van der Waals surface area contributed by atoms with E-state index >= 15 is 0 Å². The minimum absolute atomic E-state index is 0.645. The second kappa shape index (κ2) is 5.84. The molecule has 0 saturated carbocycles. The fraction of sp³-hybridized carbons (Fsp3) is 0.706. The second-order valence-electron chi connectivity index (χ2n) is 6.84. The molecule has 4 nitrogen and oxygen atoms in total. The highest BCUT2D eigenvalue weighted by Gasteiger charge is 2.34. The van der Waals surface area contributed by atoms with Gasteiger partial charge < -0.3 is 15.1 Å². The first-order valence-corrected chi connectivity index (χ1v) is 8.58. The number of hydrogen-bond acceptors (Lipinski definition) is 4. The lowest BCUT2D eigenvalue weighted by Gasteiger charge is -2.32. The fourth-order valence-electron chi connectivity index (χ4n) is 4.14. The summed E-state index contributed by atoms with van der Waals surface area (Å²) in [6.45, 7) is 6.18. The monoisotopic (exact) mass is 286 g/mol. The molecule has 2 bridgehead atoms. The SMILES string of the molecule is c1cc(N2CCCCC2)ncc1NC1CCN2CCC1C2. The van der Waals surface area contributed by atoms with Gasteiger partial charge in [-0.05, 0) is 56.7 Å². The zero-order chi connectivity index (χ0) is 14.1. The lowest BCUT2D eigenvalue weighted by Crippen LogP contribution is -2.39. The highest BCUT2D eigenvalue weighted by Crippen LogP contribution is 2.29. The van der Waals surface area contributed by atoms with Gasteiger partial charge in [-0.25, -0.2) is 4.98 Å². The summed E-state index contributed by atoms with van der Waals surface area (Å²) in [6, 6.07) is 5.06. The van der Waals surface area contributed by atoms with Crippen LogP contribution in [0.25, 0.3) is 0 Å². The number of nitrogens with one attached hydrogen (secondary N) is 1. The third kappa shape index (κ3) is 2.86. The van der Waals surface area contributed by atoms with Crippen LogP contribution in [-0.2, 0) is 0 Å². The van der Waals surface area contributed by atoms with Crippen molar-refractivity contribution < 1.29 is 0 Å². The second-order valence-corrected chi connectivity index (χ2v) is 6.84. The van der Waals surface area contributed by atoms with Crippen LogP contribution in [0.5, 0.6) is 0 Å². The third-order valence-corrected chi connectivity index (χ3v) is 5.41. The number of aromatic nitrogens is 1. The van der Waals surface area contributed by atoms with E-state index in [0.717, 1.165) is 11.7 Å². The molecule has 114 valence electrons. The van der Waals surface area contributed by atoms with Crippen molar-refractivity contribution in [3.05, 3.63) is 18.3 Å². The van der Waals surface area contributed by atoms with Crippen molar-refractivity contribution in [2.75, 3.05) is 42.9 Å². The Morgan fingerprint density at radius 2 is 1.86 bits per heavy atom. The van der Waals surface area contributed by atoms with Crippen LogP contribution in [-0.4, -0.2) is 48.6 Å². The molecule has 0 radical (unpaired) electrons. The highest BCUT2D eigenvalue weighted by molar-refractivity contribution is 5.49. The van der Waals surface area contributed by atoms with Gasteiger partial charge >= 0.3 is 0 Å². The Labute approximate surface area is 127 Å². The van der Waals surface area contributed by atoms with Crippen LogP contribution < -0.4 is 10.2 Å².